The Hall–Kier alpha value is -2.98. The summed E-state index contributed by atoms with van der Waals surface area (Å²) in [6.07, 6.45) is 0. The molecule has 0 fully saturated rings. The molecule has 24 heavy (non-hydrogen) atoms. The fourth-order valence-corrected chi connectivity index (χ4v) is 2.19. The molecule has 0 amide bonds. The molecular formula is C20H19NO3. The van der Waals surface area contributed by atoms with Crippen molar-refractivity contribution < 1.29 is 14.2 Å². The van der Waals surface area contributed by atoms with Crippen LogP contribution in [0.2, 0.25) is 0 Å². The molecule has 0 bridgehead atoms. The average molecular weight is 321 g/mol. The summed E-state index contributed by atoms with van der Waals surface area (Å²) in [5, 5.41) is 0. The van der Waals surface area contributed by atoms with Gasteiger partial charge in [0.1, 0.15) is 23.8 Å². The second-order valence-corrected chi connectivity index (χ2v) is 5.13. The smallest absolute Gasteiger partial charge is 0.420 e. The number of hydrogen-bond donors (Lipinski definition) is 1. The molecule has 0 aromatic heterocycles. The molecule has 0 spiro atoms. The van der Waals surface area contributed by atoms with Crippen LogP contribution >= 0.6 is 0 Å². The highest BCUT2D eigenvalue weighted by Crippen LogP contribution is 2.26. The molecular weight excluding hydrogens is 302 g/mol. The molecule has 3 rings (SSSR count). The molecule has 0 aliphatic carbocycles. The molecule has 4 nitrogen and oxygen atoms in total. The van der Waals surface area contributed by atoms with Crippen LogP contribution in [0.25, 0.3) is 0 Å². The van der Waals surface area contributed by atoms with Gasteiger partial charge in [0.2, 0.25) is 0 Å². The molecule has 0 radical (unpaired) electrons. The predicted octanol–water partition coefficient (Wildman–Crippen LogP) is 3.84. The maximum atomic E-state index is 5.99. The Bertz CT molecular complexity index is 631. The molecule has 0 aliphatic rings. The highest BCUT2D eigenvalue weighted by molar-refractivity contribution is 5.26. The van der Waals surface area contributed by atoms with Gasteiger partial charge in [-0.05, 0) is 36.4 Å². The third-order valence-electron chi connectivity index (χ3n) is 3.30. The Morgan fingerprint density at radius 1 is 0.542 bits per heavy atom. The molecule has 0 atom stereocenters. The minimum absolute atomic E-state index is 0.00564. The molecule has 0 saturated heterocycles. The lowest BCUT2D eigenvalue weighted by Crippen LogP contribution is -2.54. The van der Waals surface area contributed by atoms with Crippen LogP contribution < -0.4 is 19.9 Å². The highest BCUT2D eigenvalue weighted by atomic mass is 16.9. The van der Waals surface area contributed by atoms with E-state index in [0.717, 1.165) is 0 Å². The second kappa shape index (κ2) is 7.53. The normalized spacial score (nSPS) is 10.9. The minimum atomic E-state index is -1.47. The van der Waals surface area contributed by atoms with Crippen LogP contribution in [0.1, 0.15) is 0 Å². The maximum Gasteiger partial charge on any atom is 0.430 e. The molecule has 3 aromatic carbocycles. The van der Waals surface area contributed by atoms with E-state index < -0.39 is 5.97 Å². The zero-order valence-corrected chi connectivity index (χ0v) is 13.2. The van der Waals surface area contributed by atoms with Gasteiger partial charge in [0.05, 0.1) is 0 Å². The minimum Gasteiger partial charge on any atom is -0.420 e. The second-order valence-electron chi connectivity index (χ2n) is 5.13. The van der Waals surface area contributed by atoms with E-state index in [1.54, 1.807) is 0 Å². The van der Waals surface area contributed by atoms with E-state index in [9.17, 15) is 0 Å². The van der Waals surface area contributed by atoms with Crippen LogP contribution in [0.15, 0.2) is 91.0 Å². The number of para-hydroxylation sites is 3. The topological polar surface area (TPSA) is 53.7 Å². The van der Waals surface area contributed by atoms with Gasteiger partial charge < -0.3 is 19.9 Å². The fraction of sp³-hybridized carbons (Fsp3) is 0.100. The van der Waals surface area contributed by atoms with Crippen molar-refractivity contribution in [3.63, 3.8) is 0 Å². The first-order valence-electron chi connectivity index (χ1n) is 7.72. The molecule has 122 valence electrons. The molecule has 4 heteroatoms. The monoisotopic (exact) mass is 321 g/mol. The lowest BCUT2D eigenvalue weighted by molar-refractivity contribution is -0.244. The van der Waals surface area contributed by atoms with Gasteiger partial charge in [-0.15, -0.1) is 0 Å². The van der Waals surface area contributed by atoms with E-state index in [2.05, 4.69) is 0 Å². The Balaban J connectivity index is 1.91. The molecule has 0 unspecified atom stereocenters. The van der Waals surface area contributed by atoms with Crippen molar-refractivity contribution >= 4 is 0 Å². The van der Waals surface area contributed by atoms with Crippen molar-refractivity contribution in [1.82, 2.24) is 0 Å². The van der Waals surface area contributed by atoms with E-state index in [1.807, 2.05) is 91.0 Å². The SMILES string of the molecule is NCC(Oc1ccccc1)(Oc1ccccc1)Oc1ccccc1. The standard InChI is InChI=1S/C20H19NO3/c21-16-20(22-17-10-4-1-5-11-17,23-18-12-6-2-7-13-18)24-19-14-8-3-9-15-19/h1-15H,16,21H2. The Morgan fingerprint density at radius 2 is 0.833 bits per heavy atom. The van der Waals surface area contributed by atoms with Crippen molar-refractivity contribution in [2.45, 2.75) is 5.97 Å². The highest BCUT2D eigenvalue weighted by Gasteiger charge is 2.37. The van der Waals surface area contributed by atoms with Crippen molar-refractivity contribution in [2.24, 2.45) is 5.73 Å². The van der Waals surface area contributed by atoms with Crippen LogP contribution in [0, 0.1) is 0 Å². The van der Waals surface area contributed by atoms with Crippen LogP contribution in [0.5, 0.6) is 17.2 Å². The zero-order chi connectivity index (χ0) is 16.7. The van der Waals surface area contributed by atoms with Gasteiger partial charge in [-0.3, -0.25) is 0 Å². The van der Waals surface area contributed by atoms with Crippen LogP contribution in [-0.2, 0) is 0 Å². The molecule has 0 aliphatic heterocycles. The molecule has 0 saturated carbocycles. The first-order valence-corrected chi connectivity index (χ1v) is 7.72. The fourth-order valence-electron chi connectivity index (χ4n) is 2.19. The van der Waals surface area contributed by atoms with Gasteiger partial charge in [-0.2, -0.15) is 0 Å². The summed E-state index contributed by atoms with van der Waals surface area (Å²) in [5.41, 5.74) is 5.98. The lowest BCUT2D eigenvalue weighted by atomic mass is 10.3. The zero-order valence-electron chi connectivity index (χ0n) is 13.2. The van der Waals surface area contributed by atoms with E-state index >= 15 is 0 Å². The van der Waals surface area contributed by atoms with Crippen molar-refractivity contribution in [3.05, 3.63) is 91.0 Å². The quantitative estimate of drug-likeness (QED) is 0.672. The van der Waals surface area contributed by atoms with E-state index in [4.69, 9.17) is 19.9 Å². The number of benzene rings is 3. The lowest BCUT2D eigenvalue weighted by Gasteiger charge is -2.33. The van der Waals surface area contributed by atoms with Crippen molar-refractivity contribution in [2.75, 3.05) is 6.54 Å². The van der Waals surface area contributed by atoms with Crippen LogP contribution in [0.4, 0.5) is 0 Å². The van der Waals surface area contributed by atoms with E-state index in [-0.39, 0.29) is 6.54 Å². The molecule has 3 aromatic rings. The number of hydrogen-bond acceptors (Lipinski definition) is 4. The van der Waals surface area contributed by atoms with Gasteiger partial charge in [0.15, 0.2) is 0 Å². The van der Waals surface area contributed by atoms with Crippen molar-refractivity contribution in [1.29, 1.82) is 0 Å². The first-order chi connectivity index (χ1) is 11.8. The number of nitrogens with two attached hydrogens (primary N) is 1. The summed E-state index contributed by atoms with van der Waals surface area (Å²) in [4.78, 5) is 0. The van der Waals surface area contributed by atoms with Crippen LogP contribution in [0.3, 0.4) is 0 Å². The van der Waals surface area contributed by atoms with E-state index in [0.29, 0.717) is 17.2 Å². The predicted molar refractivity (Wildman–Crippen MR) is 93.0 cm³/mol. The maximum absolute atomic E-state index is 5.99. The Morgan fingerprint density at radius 3 is 1.08 bits per heavy atom. The van der Waals surface area contributed by atoms with Gasteiger partial charge >= 0.3 is 5.97 Å². The van der Waals surface area contributed by atoms with Crippen molar-refractivity contribution in [3.8, 4) is 17.2 Å². The summed E-state index contributed by atoms with van der Waals surface area (Å²) in [7, 11) is 0. The molecule has 0 heterocycles. The third-order valence-corrected chi connectivity index (χ3v) is 3.30. The summed E-state index contributed by atoms with van der Waals surface area (Å²) in [6.45, 7) is 0.00564. The average Bonchev–Trinajstić information content (AvgIpc) is 2.64. The largest absolute Gasteiger partial charge is 0.430 e. The number of rotatable bonds is 7. The molecule has 2 N–H and O–H groups in total. The Labute approximate surface area is 141 Å². The Kier molecular flexibility index (Phi) is 4.99. The summed E-state index contributed by atoms with van der Waals surface area (Å²) < 4.78 is 18.0. The van der Waals surface area contributed by atoms with Gasteiger partial charge in [-0.25, -0.2) is 0 Å². The third kappa shape index (κ3) is 4.06. The summed E-state index contributed by atoms with van der Waals surface area (Å²) in [6, 6.07) is 27.9. The first kappa shape index (κ1) is 15.9. The van der Waals surface area contributed by atoms with E-state index in [1.165, 1.54) is 0 Å². The summed E-state index contributed by atoms with van der Waals surface area (Å²) >= 11 is 0. The summed E-state index contributed by atoms with van der Waals surface area (Å²) in [5.74, 6) is 0.351. The van der Waals surface area contributed by atoms with Gasteiger partial charge in [0.25, 0.3) is 0 Å². The van der Waals surface area contributed by atoms with Gasteiger partial charge in [0, 0.05) is 0 Å². The van der Waals surface area contributed by atoms with Gasteiger partial charge in [-0.1, -0.05) is 54.6 Å². The number of ether oxygens (including phenoxy) is 3. The van der Waals surface area contributed by atoms with Crippen LogP contribution in [-0.4, -0.2) is 12.5 Å².